The Morgan fingerprint density at radius 2 is 1.63 bits per heavy atom. The maximum absolute atomic E-state index is 14.0. The van der Waals surface area contributed by atoms with Crippen LogP contribution in [0.4, 0.5) is 4.39 Å². The third-order valence-corrected chi connectivity index (χ3v) is 5.43. The van der Waals surface area contributed by atoms with E-state index in [9.17, 15) is 14.0 Å². The fourth-order valence-electron chi connectivity index (χ4n) is 3.47. The van der Waals surface area contributed by atoms with Gasteiger partial charge in [-0.1, -0.05) is 35.9 Å². The fraction of sp³-hybridized carbons (Fsp3) is 0.115. The normalized spacial score (nSPS) is 10.6. The molecule has 0 saturated carbocycles. The van der Waals surface area contributed by atoms with Gasteiger partial charge in [-0.3, -0.25) is 0 Å². The molecule has 178 valence electrons. The molecular weight excluding hydrogens is 475 g/mol. The molecule has 0 N–H and O–H groups in total. The topological polar surface area (TPSA) is 79.7 Å². The van der Waals surface area contributed by atoms with Gasteiger partial charge in [-0.05, 0) is 48.5 Å². The van der Waals surface area contributed by atoms with E-state index in [4.69, 9.17) is 25.8 Å². The van der Waals surface area contributed by atoms with Crippen LogP contribution in [0.1, 0.15) is 26.4 Å². The number of carbonyl (C=O) groups excluding carboxylic acids is 2. The zero-order valence-corrected chi connectivity index (χ0v) is 19.6. The summed E-state index contributed by atoms with van der Waals surface area (Å²) < 4.78 is 30.9. The number of nitrogens with zero attached hydrogens (tertiary/aromatic N) is 2. The summed E-state index contributed by atoms with van der Waals surface area (Å²) in [4.78, 5) is 25.4. The number of hydrogen-bond acceptors (Lipinski definition) is 6. The van der Waals surface area contributed by atoms with E-state index in [0.717, 1.165) is 0 Å². The highest BCUT2D eigenvalue weighted by Crippen LogP contribution is 2.30. The van der Waals surface area contributed by atoms with Crippen molar-refractivity contribution in [3.8, 4) is 22.7 Å². The minimum Gasteiger partial charge on any atom is -0.489 e. The standard InChI is InChI=1S/C26H20ClFN2O5/c1-33-25(31)22-23(29-30(24(22)26(32)34-2)19-6-4-3-5-7-19)16-9-12-20(13-10-16)35-15-17-8-11-18(27)14-21(17)28/h3-14H,15H2,1-2H3. The summed E-state index contributed by atoms with van der Waals surface area (Å²) in [6.07, 6.45) is 0. The number of esters is 2. The lowest BCUT2D eigenvalue weighted by atomic mass is 10.1. The summed E-state index contributed by atoms with van der Waals surface area (Å²) in [7, 11) is 2.45. The summed E-state index contributed by atoms with van der Waals surface area (Å²) in [5, 5.41) is 4.85. The molecular formula is C26H20ClFN2O5. The minimum atomic E-state index is -0.738. The summed E-state index contributed by atoms with van der Waals surface area (Å²) in [5.41, 5.74) is 1.61. The van der Waals surface area contributed by atoms with Crippen molar-refractivity contribution in [3.05, 3.63) is 100 Å². The molecule has 0 aliphatic heterocycles. The Kier molecular flexibility index (Phi) is 7.12. The van der Waals surface area contributed by atoms with E-state index in [0.29, 0.717) is 27.6 Å². The van der Waals surface area contributed by atoms with E-state index in [1.54, 1.807) is 60.7 Å². The van der Waals surface area contributed by atoms with Gasteiger partial charge >= 0.3 is 11.9 Å². The van der Waals surface area contributed by atoms with Crippen molar-refractivity contribution < 1.29 is 28.2 Å². The maximum Gasteiger partial charge on any atom is 0.357 e. The van der Waals surface area contributed by atoms with E-state index in [2.05, 4.69) is 5.10 Å². The molecule has 4 aromatic rings. The second-order valence-electron chi connectivity index (χ2n) is 7.35. The Morgan fingerprint density at radius 3 is 2.26 bits per heavy atom. The number of halogens is 2. The van der Waals surface area contributed by atoms with Crippen molar-refractivity contribution in [2.45, 2.75) is 6.61 Å². The molecule has 0 radical (unpaired) electrons. The maximum atomic E-state index is 14.0. The average molecular weight is 495 g/mol. The molecule has 0 spiro atoms. The molecule has 0 atom stereocenters. The largest absolute Gasteiger partial charge is 0.489 e. The molecule has 0 aliphatic carbocycles. The molecule has 0 amide bonds. The Bertz CT molecular complexity index is 1370. The van der Waals surface area contributed by atoms with Crippen LogP contribution in [-0.2, 0) is 16.1 Å². The van der Waals surface area contributed by atoms with Gasteiger partial charge in [0.15, 0.2) is 5.69 Å². The predicted molar refractivity (Wildman–Crippen MR) is 127 cm³/mol. The lowest BCUT2D eigenvalue weighted by Gasteiger charge is -2.08. The molecule has 1 heterocycles. The van der Waals surface area contributed by atoms with Gasteiger partial charge < -0.3 is 14.2 Å². The Balaban J connectivity index is 1.71. The van der Waals surface area contributed by atoms with Crippen LogP contribution in [0.5, 0.6) is 5.75 Å². The van der Waals surface area contributed by atoms with Crippen LogP contribution < -0.4 is 4.74 Å². The smallest absolute Gasteiger partial charge is 0.357 e. The lowest BCUT2D eigenvalue weighted by molar-refractivity contribution is 0.0549. The molecule has 7 nitrogen and oxygen atoms in total. The number of carbonyl (C=O) groups is 2. The van der Waals surface area contributed by atoms with Crippen LogP contribution in [0.15, 0.2) is 72.8 Å². The second-order valence-corrected chi connectivity index (χ2v) is 7.79. The van der Waals surface area contributed by atoms with Crippen molar-refractivity contribution >= 4 is 23.5 Å². The van der Waals surface area contributed by atoms with Crippen LogP contribution in [-0.4, -0.2) is 35.9 Å². The van der Waals surface area contributed by atoms with Gasteiger partial charge in [-0.25, -0.2) is 18.7 Å². The van der Waals surface area contributed by atoms with Gasteiger partial charge in [0.2, 0.25) is 0 Å². The van der Waals surface area contributed by atoms with Crippen molar-refractivity contribution in [1.82, 2.24) is 9.78 Å². The minimum absolute atomic E-state index is 0.00484. The molecule has 0 bridgehead atoms. The first-order chi connectivity index (χ1) is 16.9. The molecule has 3 aromatic carbocycles. The highest BCUT2D eigenvalue weighted by atomic mass is 35.5. The van der Waals surface area contributed by atoms with E-state index in [1.165, 1.54) is 25.0 Å². The molecule has 0 fully saturated rings. The molecule has 1 aromatic heterocycles. The van der Waals surface area contributed by atoms with Crippen LogP contribution in [0.25, 0.3) is 16.9 Å². The van der Waals surface area contributed by atoms with Gasteiger partial charge in [-0.2, -0.15) is 5.10 Å². The first-order valence-corrected chi connectivity index (χ1v) is 10.8. The van der Waals surface area contributed by atoms with Crippen molar-refractivity contribution in [2.75, 3.05) is 14.2 Å². The van der Waals surface area contributed by atoms with Gasteiger partial charge in [0, 0.05) is 16.1 Å². The third kappa shape index (κ3) is 5.02. The second kappa shape index (κ2) is 10.4. The summed E-state index contributed by atoms with van der Waals surface area (Å²) in [6, 6.07) is 19.9. The highest BCUT2D eigenvalue weighted by Gasteiger charge is 2.31. The Morgan fingerprint density at radius 1 is 0.943 bits per heavy atom. The molecule has 0 unspecified atom stereocenters. The number of hydrogen-bond donors (Lipinski definition) is 0. The van der Waals surface area contributed by atoms with Gasteiger partial charge in [0.05, 0.1) is 19.9 Å². The number of aromatic nitrogens is 2. The van der Waals surface area contributed by atoms with E-state index >= 15 is 0 Å². The van der Waals surface area contributed by atoms with Gasteiger partial charge in [0.1, 0.15) is 29.4 Å². The molecule has 0 saturated heterocycles. The van der Waals surface area contributed by atoms with Crippen LogP contribution in [0.3, 0.4) is 0 Å². The first kappa shape index (κ1) is 24.0. The fourth-order valence-corrected chi connectivity index (χ4v) is 3.62. The monoisotopic (exact) mass is 494 g/mol. The van der Waals surface area contributed by atoms with Crippen LogP contribution >= 0.6 is 11.6 Å². The Labute approximate surface area is 205 Å². The number of para-hydroxylation sites is 1. The summed E-state index contributed by atoms with van der Waals surface area (Å²) >= 11 is 5.79. The highest BCUT2D eigenvalue weighted by molar-refractivity contribution is 6.30. The van der Waals surface area contributed by atoms with Gasteiger partial charge in [-0.15, -0.1) is 0 Å². The number of methoxy groups -OCH3 is 2. The summed E-state index contributed by atoms with van der Waals surface area (Å²) in [5.74, 6) is -1.46. The summed E-state index contributed by atoms with van der Waals surface area (Å²) in [6.45, 7) is 0.00484. The first-order valence-electron chi connectivity index (χ1n) is 10.4. The molecule has 4 rings (SSSR count). The van der Waals surface area contributed by atoms with E-state index < -0.39 is 17.8 Å². The van der Waals surface area contributed by atoms with E-state index in [1.807, 2.05) is 6.07 Å². The Hall–Kier alpha value is -4.17. The molecule has 35 heavy (non-hydrogen) atoms. The number of rotatable bonds is 7. The lowest BCUT2D eigenvalue weighted by Crippen LogP contribution is -2.15. The van der Waals surface area contributed by atoms with Crippen molar-refractivity contribution in [2.24, 2.45) is 0 Å². The number of benzene rings is 3. The van der Waals surface area contributed by atoms with Crippen LogP contribution in [0.2, 0.25) is 5.02 Å². The number of ether oxygens (including phenoxy) is 3. The van der Waals surface area contributed by atoms with Crippen LogP contribution in [0, 0.1) is 5.82 Å². The quantitative estimate of drug-likeness (QED) is 0.316. The zero-order chi connectivity index (χ0) is 24.9. The molecule has 9 heteroatoms. The third-order valence-electron chi connectivity index (χ3n) is 5.19. The van der Waals surface area contributed by atoms with Crippen molar-refractivity contribution in [3.63, 3.8) is 0 Å². The SMILES string of the molecule is COC(=O)c1c(-c2ccc(OCc3ccc(Cl)cc3F)cc2)nn(-c2ccccc2)c1C(=O)OC. The average Bonchev–Trinajstić information content (AvgIpc) is 3.29. The van der Waals surface area contributed by atoms with Crippen molar-refractivity contribution in [1.29, 1.82) is 0 Å². The predicted octanol–water partition coefficient (Wildman–Crippen LogP) is 5.48. The van der Waals surface area contributed by atoms with Gasteiger partial charge in [0.25, 0.3) is 0 Å². The molecule has 0 aliphatic rings. The zero-order valence-electron chi connectivity index (χ0n) is 18.8. The van der Waals surface area contributed by atoms with E-state index in [-0.39, 0.29) is 23.6 Å².